The summed E-state index contributed by atoms with van der Waals surface area (Å²) in [5.41, 5.74) is 0.854. The molecular weight excluding hydrogens is 336 g/mol. The lowest BCUT2D eigenvalue weighted by Gasteiger charge is -2.16. The van der Waals surface area contributed by atoms with Gasteiger partial charge in [0, 0.05) is 19.7 Å². The molecule has 2 rings (SSSR count). The molecule has 0 radical (unpaired) electrons. The molecule has 2 aromatic rings. The van der Waals surface area contributed by atoms with Crippen molar-refractivity contribution in [3.05, 3.63) is 41.5 Å². The number of methoxy groups -OCH3 is 1. The lowest BCUT2D eigenvalue weighted by Crippen LogP contribution is -2.25. The summed E-state index contributed by atoms with van der Waals surface area (Å²) in [4.78, 5) is 16.1. The molecule has 1 heterocycles. The third-order valence-electron chi connectivity index (χ3n) is 3.17. The molecule has 9 nitrogen and oxygen atoms in total. The smallest absolute Gasteiger partial charge is 0.251 e. The van der Waals surface area contributed by atoms with Crippen molar-refractivity contribution in [2.45, 2.75) is 13.2 Å². The first-order chi connectivity index (χ1) is 11.3. The molecule has 0 bridgehead atoms. The third-order valence-corrected chi connectivity index (χ3v) is 4.38. The Bertz CT molecular complexity index is 801. The largest absolute Gasteiger partial charge is 0.377 e. The first kappa shape index (κ1) is 17.9. The van der Waals surface area contributed by atoms with Crippen LogP contribution < -0.4 is 9.62 Å². The van der Waals surface area contributed by atoms with Gasteiger partial charge in [-0.2, -0.15) is 4.98 Å². The highest BCUT2D eigenvalue weighted by molar-refractivity contribution is 7.92. The van der Waals surface area contributed by atoms with E-state index in [1.807, 2.05) is 0 Å². The Kier molecular flexibility index (Phi) is 5.52. The van der Waals surface area contributed by atoms with Crippen LogP contribution in [0.5, 0.6) is 0 Å². The van der Waals surface area contributed by atoms with Crippen molar-refractivity contribution in [3.63, 3.8) is 0 Å². The molecule has 0 spiro atoms. The van der Waals surface area contributed by atoms with E-state index < -0.39 is 10.0 Å². The number of sulfonamides is 1. The fraction of sp³-hybridized carbons (Fsp3) is 0.357. The number of hydrogen-bond acceptors (Lipinski definition) is 7. The molecule has 1 N–H and O–H groups in total. The van der Waals surface area contributed by atoms with E-state index in [4.69, 9.17) is 9.26 Å². The van der Waals surface area contributed by atoms with Crippen LogP contribution >= 0.6 is 0 Å². The van der Waals surface area contributed by atoms with Crippen LogP contribution in [0.15, 0.2) is 28.8 Å². The molecule has 0 saturated carbocycles. The summed E-state index contributed by atoms with van der Waals surface area (Å²) >= 11 is 0. The molecule has 10 heteroatoms. The molecule has 0 atom stereocenters. The summed E-state index contributed by atoms with van der Waals surface area (Å²) in [6.07, 6.45) is 1.11. The predicted octanol–water partition coefficient (Wildman–Crippen LogP) is 0.542. The molecule has 1 aromatic heterocycles. The molecule has 0 unspecified atom stereocenters. The van der Waals surface area contributed by atoms with Crippen LogP contribution in [0.25, 0.3) is 0 Å². The molecule has 0 fully saturated rings. The number of nitrogens with zero attached hydrogens (tertiary/aromatic N) is 3. The van der Waals surface area contributed by atoms with E-state index in [0.717, 1.165) is 10.6 Å². The Hall–Kier alpha value is -2.46. The van der Waals surface area contributed by atoms with E-state index >= 15 is 0 Å². The summed E-state index contributed by atoms with van der Waals surface area (Å²) in [7, 11) is -0.384. The minimum absolute atomic E-state index is 0.0839. The average molecular weight is 354 g/mol. The lowest BCUT2D eigenvalue weighted by atomic mass is 10.2. The maximum atomic E-state index is 12.1. The summed E-state index contributed by atoms with van der Waals surface area (Å²) in [5.74, 6) is 0.328. The van der Waals surface area contributed by atoms with Crippen molar-refractivity contribution < 1.29 is 22.5 Å². The van der Waals surface area contributed by atoms with E-state index in [0.29, 0.717) is 17.1 Å². The number of aromatic nitrogens is 2. The van der Waals surface area contributed by atoms with Gasteiger partial charge in [-0.25, -0.2) is 8.42 Å². The van der Waals surface area contributed by atoms with Crippen molar-refractivity contribution in [2.75, 3.05) is 24.7 Å². The van der Waals surface area contributed by atoms with E-state index in [1.54, 1.807) is 12.1 Å². The molecule has 0 aliphatic carbocycles. The first-order valence-electron chi connectivity index (χ1n) is 6.94. The number of nitrogens with one attached hydrogen (secondary N) is 1. The van der Waals surface area contributed by atoms with Gasteiger partial charge >= 0.3 is 0 Å². The molecule has 1 aromatic carbocycles. The van der Waals surface area contributed by atoms with Gasteiger partial charge in [-0.15, -0.1) is 0 Å². The summed E-state index contributed by atoms with van der Waals surface area (Å²) in [6, 6.07) is 6.19. The maximum Gasteiger partial charge on any atom is 0.251 e. The van der Waals surface area contributed by atoms with Gasteiger partial charge in [-0.1, -0.05) is 5.16 Å². The highest BCUT2D eigenvalue weighted by atomic mass is 32.2. The van der Waals surface area contributed by atoms with Crippen LogP contribution in [-0.4, -0.2) is 44.9 Å². The zero-order valence-electron chi connectivity index (χ0n) is 13.5. The Labute approximate surface area is 139 Å². The highest BCUT2D eigenvalue weighted by Gasteiger charge is 2.13. The highest BCUT2D eigenvalue weighted by Crippen LogP contribution is 2.16. The number of benzene rings is 1. The van der Waals surface area contributed by atoms with E-state index in [2.05, 4.69) is 15.5 Å². The predicted molar refractivity (Wildman–Crippen MR) is 85.9 cm³/mol. The third kappa shape index (κ3) is 4.52. The van der Waals surface area contributed by atoms with Gasteiger partial charge in [0.05, 0.1) is 18.5 Å². The summed E-state index contributed by atoms with van der Waals surface area (Å²) in [5, 5.41) is 6.33. The number of rotatable bonds is 7. The number of anilines is 1. The standard InChI is InChI=1S/C14H18N4O5S/c1-18(24(3,20)21)11-6-4-10(5-7-11)14(19)15-8-13-16-12(9-22-2)17-23-13/h4-7H,8-9H2,1-3H3,(H,15,19). The zero-order valence-corrected chi connectivity index (χ0v) is 14.3. The minimum Gasteiger partial charge on any atom is -0.377 e. The molecule has 0 aliphatic rings. The molecule has 0 aliphatic heterocycles. The van der Waals surface area contributed by atoms with Crippen LogP contribution in [0, 0.1) is 0 Å². The van der Waals surface area contributed by atoms with Crippen molar-refractivity contribution in [3.8, 4) is 0 Å². The van der Waals surface area contributed by atoms with Gasteiger partial charge in [0.2, 0.25) is 15.9 Å². The fourth-order valence-electron chi connectivity index (χ4n) is 1.82. The van der Waals surface area contributed by atoms with Gasteiger partial charge in [-0.05, 0) is 24.3 Å². The zero-order chi connectivity index (χ0) is 17.7. The van der Waals surface area contributed by atoms with Gasteiger partial charge in [0.1, 0.15) is 6.61 Å². The fourth-order valence-corrected chi connectivity index (χ4v) is 2.33. The first-order valence-corrected chi connectivity index (χ1v) is 8.78. The van der Waals surface area contributed by atoms with Crippen LogP contribution in [-0.2, 0) is 27.9 Å². The lowest BCUT2D eigenvalue weighted by molar-refractivity contribution is 0.0946. The van der Waals surface area contributed by atoms with E-state index in [1.165, 1.54) is 26.3 Å². The van der Waals surface area contributed by atoms with Crippen molar-refractivity contribution in [1.82, 2.24) is 15.5 Å². The monoisotopic (exact) mass is 354 g/mol. The van der Waals surface area contributed by atoms with Gasteiger partial charge < -0.3 is 14.6 Å². The molecule has 0 saturated heterocycles. The Morgan fingerprint density at radius 3 is 2.58 bits per heavy atom. The number of carbonyl (C=O) groups is 1. The number of hydrogen-bond donors (Lipinski definition) is 1. The van der Waals surface area contributed by atoms with Crippen molar-refractivity contribution >= 4 is 21.6 Å². The van der Waals surface area contributed by atoms with Crippen LogP contribution in [0.4, 0.5) is 5.69 Å². The van der Waals surface area contributed by atoms with Gasteiger partial charge in [-0.3, -0.25) is 9.10 Å². The quantitative estimate of drug-likeness (QED) is 0.772. The SMILES string of the molecule is COCc1noc(CNC(=O)c2ccc(N(C)S(C)(=O)=O)cc2)n1. The topological polar surface area (TPSA) is 115 Å². The van der Waals surface area contributed by atoms with E-state index in [9.17, 15) is 13.2 Å². The van der Waals surface area contributed by atoms with Gasteiger partial charge in [0.15, 0.2) is 5.82 Å². The number of ether oxygens (including phenoxy) is 1. The Morgan fingerprint density at radius 1 is 1.33 bits per heavy atom. The second kappa shape index (κ2) is 7.41. The second-order valence-electron chi connectivity index (χ2n) is 5.00. The maximum absolute atomic E-state index is 12.1. The number of amides is 1. The molecule has 24 heavy (non-hydrogen) atoms. The average Bonchev–Trinajstić information content (AvgIpc) is 2.99. The van der Waals surface area contributed by atoms with Crippen LogP contribution in [0.2, 0.25) is 0 Å². The minimum atomic E-state index is -3.34. The van der Waals surface area contributed by atoms with Gasteiger partial charge in [0.25, 0.3) is 5.91 Å². The van der Waals surface area contributed by atoms with Crippen molar-refractivity contribution in [2.24, 2.45) is 0 Å². The van der Waals surface area contributed by atoms with Crippen LogP contribution in [0.1, 0.15) is 22.1 Å². The number of carbonyl (C=O) groups excluding carboxylic acids is 1. The van der Waals surface area contributed by atoms with E-state index in [-0.39, 0.29) is 24.9 Å². The normalized spacial score (nSPS) is 11.3. The summed E-state index contributed by atoms with van der Waals surface area (Å²) in [6.45, 7) is 0.313. The second-order valence-corrected chi connectivity index (χ2v) is 7.01. The molecule has 1 amide bonds. The molecule has 130 valence electrons. The van der Waals surface area contributed by atoms with Crippen molar-refractivity contribution in [1.29, 1.82) is 0 Å². The molecular formula is C14H18N4O5S. The Morgan fingerprint density at radius 2 is 2.00 bits per heavy atom. The van der Waals surface area contributed by atoms with Crippen LogP contribution in [0.3, 0.4) is 0 Å². The Balaban J connectivity index is 1.97. The summed E-state index contributed by atoms with van der Waals surface area (Å²) < 4.78 is 33.9.